The number of hydrogen-bond acceptors (Lipinski definition) is 5. The first-order valence-electron chi connectivity index (χ1n) is 12.1. The monoisotopic (exact) mass is 448 g/mol. The number of morpholine rings is 1. The molecule has 0 aliphatic carbocycles. The van der Waals surface area contributed by atoms with E-state index in [0.29, 0.717) is 13.1 Å². The van der Waals surface area contributed by atoms with E-state index in [9.17, 15) is 4.79 Å². The number of hydrogen-bond donors (Lipinski definition) is 1. The molecule has 2 saturated heterocycles. The van der Waals surface area contributed by atoms with Crippen LogP contribution in [0.15, 0.2) is 60.7 Å². The van der Waals surface area contributed by atoms with Crippen molar-refractivity contribution in [2.75, 3.05) is 65.6 Å². The summed E-state index contributed by atoms with van der Waals surface area (Å²) in [6.45, 7) is 10.5. The van der Waals surface area contributed by atoms with Crippen LogP contribution in [0.4, 0.5) is 0 Å². The number of ether oxygens (including phenoxy) is 1. The quantitative estimate of drug-likeness (QED) is 0.639. The van der Waals surface area contributed by atoms with Crippen LogP contribution in [0.5, 0.6) is 0 Å². The summed E-state index contributed by atoms with van der Waals surface area (Å²) in [6, 6.07) is 19.0. The van der Waals surface area contributed by atoms with Crippen molar-refractivity contribution in [3.05, 3.63) is 77.4 Å². The maximum atomic E-state index is 12.4. The topological polar surface area (TPSA) is 48.1 Å². The highest BCUT2D eigenvalue weighted by Gasteiger charge is 2.18. The minimum absolute atomic E-state index is 0.102. The number of carbonyl (C=O) groups excluding carboxylic acids is 1. The molecule has 2 fully saturated rings. The van der Waals surface area contributed by atoms with E-state index in [0.717, 1.165) is 71.1 Å². The highest BCUT2D eigenvalue weighted by molar-refractivity contribution is 5.78. The fourth-order valence-corrected chi connectivity index (χ4v) is 4.27. The summed E-state index contributed by atoms with van der Waals surface area (Å²) < 4.78 is 5.41. The third-order valence-electron chi connectivity index (χ3n) is 6.33. The van der Waals surface area contributed by atoms with Gasteiger partial charge in [0, 0.05) is 58.9 Å². The molecule has 4 rings (SSSR count). The number of carbonyl (C=O) groups is 1. The Morgan fingerprint density at radius 3 is 2.21 bits per heavy atom. The molecule has 2 aliphatic rings. The average Bonchev–Trinajstić information content (AvgIpc) is 2.86. The maximum Gasteiger partial charge on any atom is 0.234 e. The molecule has 0 spiro atoms. The fourth-order valence-electron chi connectivity index (χ4n) is 4.27. The number of rotatable bonds is 9. The Labute approximate surface area is 197 Å². The molecule has 0 unspecified atom stereocenters. The summed E-state index contributed by atoms with van der Waals surface area (Å²) >= 11 is 0. The van der Waals surface area contributed by atoms with Crippen molar-refractivity contribution in [2.45, 2.75) is 13.1 Å². The molecule has 0 saturated carbocycles. The summed E-state index contributed by atoms with van der Waals surface area (Å²) in [5.41, 5.74) is 3.69. The Kier molecular flexibility index (Phi) is 9.07. The maximum absolute atomic E-state index is 12.4. The van der Waals surface area contributed by atoms with Crippen molar-refractivity contribution >= 4 is 12.0 Å². The van der Waals surface area contributed by atoms with E-state index in [4.69, 9.17) is 4.74 Å². The summed E-state index contributed by atoms with van der Waals surface area (Å²) in [5, 5.41) is 3.08. The summed E-state index contributed by atoms with van der Waals surface area (Å²) in [7, 11) is 0. The number of amides is 1. The van der Waals surface area contributed by atoms with Crippen LogP contribution in [0.25, 0.3) is 6.08 Å². The van der Waals surface area contributed by atoms with E-state index in [2.05, 4.69) is 80.7 Å². The lowest BCUT2D eigenvalue weighted by atomic mass is 10.1. The van der Waals surface area contributed by atoms with Gasteiger partial charge in [0.2, 0.25) is 5.91 Å². The Bertz CT molecular complexity index is 871. The highest BCUT2D eigenvalue weighted by Crippen LogP contribution is 2.09. The van der Waals surface area contributed by atoms with Crippen molar-refractivity contribution in [2.24, 2.45) is 0 Å². The Morgan fingerprint density at radius 2 is 1.48 bits per heavy atom. The van der Waals surface area contributed by atoms with Crippen LogP contribution in [0.2, 0.25) is 0 Å². The van der Waals surface area contributed by atoms with Gasteiger partial charge in [-0.1, -0.05) is 66.7 Å². The van der Waals surface area contributed by atoms with Gasteiger partial charge in [0.25, 0.3) is 0 Å². The Hall–Kier alpha value is -2.51. The van der Waals surface area contributed by atoms with Gasteiger partial charge in [-0.15, -0.1) is 0 Å². The molecule has 2 aromatic carbocycles. The number of nitrogens with one attached hydrogen (secondary N) is 1. The second-order valence-electron chi connectivity index (χ2n) is 8.87. The van der Waals surface area contributed by atoms with Crippen LogP contribution in [0, 0.1) is 0 Å². The standard InChI is InChI=1S/C27H36N4O2/c32-27(28-21-25-8-10-26(11-9-25)22-31-17-19-33-20-18-31)23-30-15-13-29(14-16-30)12-4-7-24-5-2-1-3-6-24/h1-11H,12-23H2,(H,28,32)/b7-4+. The normalized spacial score (nSPS) is 18.5. The zero-order chi connectivity index (χ0) is 22.7. The van der Waals surface area contributed by atoms with E-state index in [1.165, 1.54) is 11.1 Å². The van der Waals surface area contributed by atoms with Gasteiger partial charge < -0.3 is 10.1 Å². The van der Waals surface area contributed by atoms with Crippen molar-refractivity contribution in [1.29, 1.82) is 0 Å². The van der Waals surface area contributed by atoms with Crippen LogP contribution < -0.4 is 5.32 Å². The van der Waals surface area contributed by atoms with Crippen LogP contribution in [0.1, 0.15) is 16.7 Å². The molecule has 2 aromatic rings. The van der Waals surface area contributed by atoms with Gasteiger partial charge in [0.15, 0.2) is 0 Å². The molecule has 6 heteroatoms. The molecule has 176 valence electrons. The van der Waals surface area contributed by atoms with Gasteiger partial charge in [-0.2, -0.15) is 0 Å². The third-order valence-corrected chi connectivity index (χ3v) is 6.33. The van der Waals surface area contributed by atoms with Crippen LogP contribution in [0.3, 0.4) is 0 Å². The third kappa shape index (κ3) is 8.09. The second kappa shape index (κ2) is 12.7. The number of benzene rings is 2. The molecule has 6 nitrogen and oxygen atoms in total. The number of piperazine rings is 1. The van der Waals surface area contributed by atoms with Crippen molar-refractivity contribution < 1.29 is 9.53 Å². The molecule has 0 radical (unpaired) electrons. The number of nitrogens with zero attached hydrogens (tertiary/aromatic N) is 3. The van der Waals surface area contributed by atoms with Gasteiger partial charge >= 0.3 is 0 Å². The van der Waals surface area contributed by atoms with Gasteiger partial charge in [-0.3, -0.25) is 19.5 Å². The zero-order valence-corrected chi connectivity index (χ0v) is 19.5. The minimum Gasteiger partial charge on any atom is -0.379 e. The van der Waals surface area contributed by atoms with Gasteiger partial charge in [-0.25, -0.2) is 0 Å². The molecule has 1 N–H and O–H groups in total. The van der Waals surface area contributed by atoms with Crippen molar-refractivity contribution in [3.63, 3.8) is 0 Å². The average molecular weight is 449 g/mol. The van der Waals surface area contributed by atoms with E-state index in [1.807, 2.05) is 6.07 Å². The lowest BCUT2D eigenvalue weighted by molar-refractivity contribution is -0.122. The minimum atomic E-state index is 0.102. The summed E-state index contributed by atoms with van der Waals surface area (Å²) in [4.78, 5) is 19.5. The first-order valence-corrected chi connectivity index (χ1v) is 12.1. The largest absolute Gasteiger partial charge is 0.379 e. The molecule has 0 aromatic heterocycles. The van der Waals surface area contributed by atoms with Crippen molar-refractivity contribution in [1.82, 2.24) is 20.0 Å². The van der Waals surface area contributed by atoms with Gasteiger partial charge in [0.05, 0.1) is 19.8 Å². The molecule has 1 amide bonds. The molecule has 2 heterocycles. The predicted molar refractivity (Wildman–Crippen MR) is 133 cm³/mol. The smallest absolute Gasteiger partial charge is 0.234 e. The van der Waals surface area contributed by atoms with Crippen LogP contribution in [-0.4, -0.2) is 86.2 Å². The zero-order valence-electron chi connectivity index (χ0n) is 19.5. The van der Waals surface area contributed by atoms with E-state index < -0.39 is 0 Å². The highest BCUT2D eigenvalue weighted by atomic mass is 16.5. The predicted octanol–water partition coefficient (Wildman–Crippen LogP) is 2.47. The first-order chi connectivity index (χ1) is 16.2. The van der Waals surface area contributed by atoms with Crippen molar-refractivity contribution in [3.8, 4) is 0 Å². The van der Waals surface area contributed by atoms with Crippen LogP contribution in [-0.2, 0) is 22.6 Å². The molecular formula is C27H36N4O2. The lowest BCUT2D eigenvalue weighted by Crippen LogP contribution is -2.49. The van der Waals surface area contributed by atoms with Gasteiger partial charge in [-0.05, 0) is 16.7 Å². The second-order valence-corrected chi connectivity index (χ2v) is 8.87. The summed E-state index contributed by atoms with van der Waals surface area (Å²) in [5.74, 6) is 0.102. The van der Waals surface area contributed by atoms with E-state index >= 15 is 0 Å². The SMILES string of the molecule is O=C(CN1CCN(C/C=C/c2ccccc2)CC1)NCc1ccc(CN2CCOCC2)cc1. The molecule has 33 heavy (non-hydrogen) atoms. The lowest BCUT2D eigenvalue weighted by Gasteiger charge is -2.33. The Morgan fingerprint density at radius 1 is 0.818 bits per heavy atom. The summed E-state index contributed by atoms with van der Waals surface area (Å²) in [6.07, 6.45) is 4.40. The van der Waals surface area contributed by atoms with E-state index in [-0.39, 0.29) is 5.91 Å². The van der Waals surface area contributed by atoms with Crippen LogP contribution >= 0.6 is 0 Å². The fraction of sp³-hybridized carbons (Fsp3) is 0.444. The first kappa shape index (κ1) is 23.6. The van der Waals surface area contributed by atoms with E-state index in [1.54, 1.807) is 0 Å². The van der Waals surface area contributed by atoms with Gasteiger partial charge in [0.1, 0.15) is 0 Å². The Balaban J connectivity index is 1.11. The molecule has 2 aliphatic heterocycles. The molecule has 0 bridgehead atoms. The molecular weight excluding hydrogens is 412 g/mol. The molecule has 0 atom stereocenters.